The number of hydrogen-bond donors (Lipinski definition) is 2. The van der Waals surface area contributed by atoms with E-state index in [-0.39, 0.29) is 22.5 Å². The molecular weight excluding hydrogens is 489 g/mol. The largest absolute Gasteiger partial charge is 0.494 e. The van der Waals surface area contributed by atoms with Crippen LogP contribution in [0.5, 0.6) is 5.75 Å². The van der Waals surface area contributed by atoms with Gasteiger partial charge in [-0.15, -0.1) is 10.2 Å². The van der Waals surface area contributed by atoms with E-state index in [4.69, 9.17) is 4.74 Å². The lowest BCUT2D eigenvalue weighted by molar-refractivity contribution is -0.137. The van der Waals surface area contributed by atoms with Crippen LogP contribution in [-0.2, 0) is 11.0 Å². The van der Waals surface area contributed by atoms with Gasteiger partial charge in [0, 0.05) is 5.56 Å². The van der Waals surface area contributed by atoms with Crippen LogP contribution in [-0.4, -0.2) is 34.4 Å². The second-order valence-electron chi connectivity index (χ2n) is 6.93. The second-order valence-corrected chi connectivity index (χ2v) is 9.13. The van der Waals surface area contributed by atoms with Gasteiger partial charge in [-0.1, -0.05) is 48.6 Å². The number of halogens is 3. The Morgan fingerprint density at radius 3 is 2.50 bits per heavy atom. The third-order valence-electron chi connectivity index (χ3n) is 4.34. The first kappa shape index (κ1) is 25.5. The quantitative estimate of drug-likeness (QED) is 0.206. The number of ether oxygens (including phenoxy) is 1. The first-order valence-electron chi connectivity index (χ1n) is 10.2. The number of nitrogens with one attached hydrogen (secondary N) is 2. The Morgan fingerprint density at radius 2 is 1.79 bits per heavy atom. The molecule has 12 heteroatoms. The van der Waals surface area contributed by atoms with Gasteiger partial charge < -0.3 is 10.1 Å². The van der Waals surface area contributed by atoms with Crippen LogP contribution < -0.4 is 15.4 Å². The van der Waals surface area contributed by atoms with Crippen LogP contribution in [0.3, 0.4) is 0 Å². The lowest BCUT2D eigenvalue weighted by Gasteiger charge is -2.13. The first-order chi connectivity index (χ1) is 16.3. The van der Waals surface area contributed by atoms with Gasteiger partial charge in [0.05, 0.1) is 23.6 Å². The Labute approximate surface area is 202 Å². The monoisotopic (exact) mass is 510 g/mol. The van der Waals surface area contributed by atoms with Gasteiger partial charge in [0.15, 0.2) is 4.34 Å². The molecule has 7 nitrogen and oxygen atoms in total. The maximum absolute atomic E-state index is 13.0. The zero-order chi connectivity index (χ0) is 24.6. The number of aromatic nitrogens is 2. The van der Waals surface area contributed by atoms with E-state index in [0.29, 0.717) is 22.3 Å². The number of amides is 2. The number of anilines is 2. The summed E-state index contributed by atoms with van der Waals surface area (Å²) in [5, 5.41) is 12.9. The number of rotatable bonds is 10. The van der Waals surface area contributed by atoms with E-state index in [1.165, 1.54) is 18.2 Å². The molecule has 180 valence electrons. The minimum Gasteiger partial charge on any atom is -0.494 e. The highest BCUT2D eigenvalue weighted by molar-refractivity contribution is 8.01. The number of benzene rings is 2. The lowest BCUT2D eigenvalue weighted by atomic mass is 10.1. The highest BCUT2D eigenvalue weighted by Gasteiger charge is 2.33. The second kappa shape index (κ2) is 11.8. The van der Waals surface area contributed by atoms with Gasteiger partial charge in [0.2, 0.25) is 11.0 Å². The maximum atomic E-state index is 13.0. The summed E-state index contributed by atoms with van der Waals surface area (Å²) in [5.74, 6) is -0.498. The molecule has 3 rings (SSSR count). The lowest BCUT2D eigenvalue weighted by Crippen LogP contribution is -2.18. The topological polar surface area (TPSA) is 93.2 Å². The van der Waals surface area contributed by atoms with Crippen molar-refractivity contribution < 1.29 is 27.5 Å². The van der Waals surface area contributed by atoms with Gasteiger partial charge in [0.1, 0.15) is 5.75 Å². The normalized spacial score (nSPS) is 11.2. The number of carbonyl (C=O) groups is 2. The molecule has 0 saturated heterocycles. The number of alkyl halides is 3. The molecule has 0 aliphatic heterocycles. The summed E-state index contributed by atoms with van der Waals surface area (Å²) in [5.41, 5.74) is -0.822. The minimum absolute atomic E-state index is 0.172. The molecule has 0 atom stereocenters. The molecule has 0 bridgehead atoms. The SMILES string of the molecule is CCCCOc1ccc(C(=O)Nc2nnc(SCC(=O)Nc3ccccc3C(F)(F)F)s2)cc1. The van der Waals surface area contributed by atoms with Gasteiger partial charge in [0.25, 0.3) is 5.91 Å². The molecule has 1 heterocycles. The molecule has 0 spiro atoms. The molecule has 3 aromatic rings. The van der Waals surface area contributed by atoms with E-state index in [1.54, 1.807) is 24.3 Å². The summed E-state index contributed by atoms with van der Waals surface area (Å²) in [6, 6.07) is 11.4. The van der Waals surface area contributed by atoms with Crippen LogP contribution in [0.4, 0.5) is 24.0 Å². The van der Waals surface area contributed by atoms with E-state index < -0.39 is 17.6 Å². The Bertz CT molecular complexity index is 1120. The smallest absolute Gasteiger partial charge is 0.418 e. The Balaban J connectivity index is 1.50. The Hall–Kier alpha value is -3.12. The van der Waals surface area contributed by atoms with Crippen LogP contribution in [0.25, 0.3) is 0 Å². The van der Waals surface area contributed by atoms with E-state index in [0.717, 1.165) is 42.0 Å². The first-order valence-corrected chi connectivity index (χ1v) is 12.0. The Kier molecular flexibility index (Phi) is 8.88. The van der Waals surface area contributed by atoms with Gasteiger partial charge in [-0.05, 0) is 42.8 Å². The van der Waals surface area contributed by atoms with Crippen molar-refractivity contribution in [2.45, 2.75) is 30.3 Å². The van der Waals surface area contributed by atoms with E-state index >= 15 is 0 Å². The number of carbonyl (C=O) groups excluding carboxylic acids is 2. The summed E-state index contributed by atoms with van der Waals surface area (Å²) in [6.45, 7) is 2.68. The summed E-state index contributed by atoms with van der Waals surface area (Å²) in [7, 11) is 0. The molecule has 0 saturated carbocycles. The van der Waals surface area contributed by atoms with Crippen molar-refractivity contribution in [1.82, 2.24) is 10.2 Å². The third-order valence-corrected chi connectivity index (χ3v) is 6.32. The molecular formula is C22H21F3N4O3S2. The third kappa shape index (κ3) is 7.45. The molecule has 0 aliphatic rings. The average molecular weight is 511 g/mol. The molecule has 0 aliphatic carbocycles. The molecule has 34 heavy (non-hydrogen) atoms. The van der Waals surface area contributed by atoms with E-state index in [2.05, 4.69) is 27.8 Å². The van der Waals surface area contributed by atoms with Crippen molar-refractivity contribution in [2.75, 3.05) is 23.0 Å². The standard InChI is InChI=1S/C22H21F3N4O3S2/c1-2-3-12-32-15-10-8-14(9-11-15)19(31)27-20-28-29-21(34-20)33-13-18(30)26-17-7-5-4-6-16(17)22(23,24)25/h4-11H,2-3,12-13H2,1H3,(H,26,30)(H,27,28,31). The van der Waals surface area contributed by atoms with Crippen molar-refractivity contribution >= 4 is 45.7 Å². The van der Waals surface area contributed by atoms with E-state index in [9.17, 15) is 22.8 Å². The van der Waals surface area contributed by atoms with Crippen LogP contribution in [0.15, 0.2) is 52.9 Å². The molecule has 0 radical (unpaired) electrons. The molecule has 2 N–H and O–H groups in total. The van der Waals surface area contributed by atoms with Crippen molar-refractivity contribution in [3.8, 4) is 5.75 Å². The van der Waals surface area contributed by atoms with Gasteiger partial charge >= 0.3 is 6.18 Å². The number of unbranched alkanes of at least 4 members (excludes halogenated alkanes) is 1. The summed E-state index contributed by atoms with van der Waals surface area (Å²) >= 11 is 2.05. The fourth-order valence-electron chi connectivity index (χ4n) is 2.68. The van der Waals surface area contributed by atoms with Crippen molar-refractivity contribution in [3.05, 3.63) is 59.7 Å². The fraction of sp³-hybridized carbons (Fsp3) is 0.273. The van der Waals surface area contributed by atoms with Gasteiger partial charge in [-0.2, -0.15) is 13.2 Å². The van der Waals surface area contributed by atoms with Crippen LogP contribution >= 0.6 is 23.1 Å². The predicted molar refractivity (Wildman–Crippen MR) is 126 cm³/mol. The fourth-order valence-corrected chi connectivity index (χ4v) is 4.22. The van der Waals surface area contributed by atoms with E-state index in [1.807, 2.05) is 0 Å². The summed E-state index contributed by atoms with van der Waals surface area (Å²) < 4.78 is 45.1. The summed E-state index contributed by atoms with van der Waals surface area (Å²) in [6.07, 6.45) is -2.60. The number of nitrogens with zero attached hydrogens (tertiary/aromatic N) is 2. The summed E-state index contributed by atoms with van der Waals surface area (Å²) in [4.78, 5) is 24.5. The minimum atomic E-state index is -4.58. The van der Waals surface area contributed by atoms with Crippen molar-refractivity contribution in [1.29, 1.82) is 0 Å². The average Bonchev–Trinajstić information content (AvgIpc) is 3.25. The molecule has 1 aromatic heterocycles. The van der Waals surface area contributed by atoms with Crippen LogP contribution in [0.2, 0.25) is 0 Å². The molecule has 0 fully saturated rings. The molecule has 2 amide bonds. The highest BCUT2D eigenvalue weighted by atomic mass is 32.2. The van der Waals surface area contributed by atoms with Crippen molar-refractivity contribution in [3.63, 3.8) is 0 Å². The van der Waals surface area contributed by atoms with Crippen LogP contribution in [0, 0.1) is 0 Å². The maximum Gasteiger partial charge on any atom is 0.418 e. The number of para-hydroxylation sites is 1. The van der Waals surface area contributed by atoms with Crippen LogP contribution in [0.1, 0.15) is 35.7 Å². The zero-order valence-corrected chi connectivity index (χ0v) is 19.6. The highest BCUT2D eigenvalue weighted by Crippen LogP contribution is 2.34. The Morgan fingerprint density at radius 1 is 1.06 bits per heavy atom. The molecule has 2 aromatic carbocycles. The zero-order valence-electron chi connectivity index (χ0n) is 18.0. The number of hydrogen-bond acceptors (Lipinski definition) is 7. The van der Waals surface area contributed by atoms with Gasteiger partial charge in [-0.25, -0.2) is 0 Å². The predicted octanol–water partition coefficient (Wildman–Crippen LogP) is 5.72. The molecule has 0 unspecified atom stereocenters. The van der Waals surface area contributed by atoms with Gasteiger partial charge in [-0.3, -0.25) is 14.9 Å². The number of thioether (sulfide) groups is 1. The van der Waals surface area contributed by atoms with Crippen molar-refractivity contribution in [2.24, 2.45) is 0 Å².